The van der Waals surface area contributed by atoms with Crippen molar-refractivity contribution in [2.45, 2.75) is 12.5 Å². The number of carbonyl (C=O) groups is 2. The Labute approximate surface area is 209 Å². The van der Waals surface area contributed by atoms with Crippen molar-refractivity contribution in [2.24, 2.45) is 0 Å². The number of hydrogen-bond donors (Lipinski definition) is 3. The zero-order chi connectivity index (χ0) is 25.4. The normalized spacial score (nSPS) is 11.7. The molecule has 0 heterocycles. The van der Waals surface area contributed by atoms with Gasteiger partial charge in [0.2, 0.25) is 5.91 Å². The number of ether oxygens (including phenoxy) is 1. The van der Waals surface area contributed by atoms with Gasteiger partial charge in [-0.2, -0.15) is 8.42 Å². The molecule has 0 saturated heterocycles. The topological polar surface area (TPSA) is 117 Å². The molecule has 3 aromatic carbocycles. The van der Waals surface area contributed by atoms with E-state index >= 15 is 0 Å². The van der Waals surface area contributed by atoms with E-state index in [0.717, 1.165) is 5.56 Å². The number of benzene rings is 3. The lowest BCUT2D eigenvalue weighted by molar-refractivity contribution is -0.120. The summed E-state index contributed by atoms with van der Waals surface area (Å²) in [6, 6.07) is 19.8. The van der Waals surface area contributed by atoms with Crippen LogP contribution in [0.1, 0.15) is 5.56 Å². The van der Waals surface area contributed by atoms with Gasteiger partial charge in [0.05, 0.1) is 12.8 Å². The Morgan fingerprint density at radius 1 is 1.00 bits per heavy atom. The zero-order valence-corrected chi connectivity index (χ0v) is 20.6. The monoisotopic (exact) mass is 516 g/mol. The number of methoxy groups -OCH3 is 1. The average Bonchev–Trinajstić information content (AvgIpc) is 2.82. The first-order valence-electron chi connectivity index (χ1n) is 10.5. The Bertz CT molecular complexity index is 1270. The second-order valence-corrected chi connectivity index (χ2v) is 9.38. The number of carbonyl (C=O) groups excluding carboxylic acids is 2. The molecule has 3 N–H and O–H groups in total. The van der Waals surface area contributed by atoms with Crippen molar-refractivity contribution in [3.05, 3.63) is 89.4 Å². The van der Waals surface area contributed by atoms with Crippen LogP contribution in [-0.2, 0) is 21.4 Å². The van der Waals surface area contributed by atoms with Crippen LogP contribution in [0.3, 0.4) is 0 Å². The van der Waals surface area contributed by atoms with Gasteiger partial charge in [0.1, 0.15) is 11.8 Å². The summed E-state index contributed by atoms with van der Waals surface area (Å²) in [6.07, 6.45) is 0.148. The van der Waals surface area contributed by atoms with Gasteiger partial charge in [-0.3, -0.25) is 9.52 Å². The lowest BCUT2D eigenvalue weighted by atomic mass is 10.0. The van der Waals surface area contributed by atoms with E-state index in [2.05, 4.69) is 10.0 Å². The molecule has 0 radical (unpaired) electrons. The highest BCUT2D eigenvalue weighted by Crippen LogP contribution is 2.20. The second kappa shape index (κ2) is 11.6. The molecule has 0 aliphatic heterocycles. The van der Waals surface area contributed by atoms with Crippen LogP contribution in [-0.4, -0.2) is 40.6 Å². The maximum atomic E-state index is 13.3. The molecule has 0 bridgehead atoms. The van der Waals surface area contributed by atoms with Crippen LogP contribution < -0.4 is 24.4 Å². The Morgan fingerprint density at radius 3 is 2.31 bits per heavy atom. The molecule has 1 atom stereocenters. The van der Waals surface area contributed by atoms with Gasteiger partial charge in [0.15, 0.2) is 0 Å². The predicted molar refractivity (Wildman–Crippen MR) is 136 cm³/mol. The van der Waals surface area contributed by atoms with Crippen molar-refractivity contribution in [3.8, 4) is 5.75 Å². The van der Waals surface area contributed by atoms with Crippen molar-refractivity contribution >= 4 is 45.1 Å². The summed E-state index contributed by atoms with van der Waals surface area (Å²) in [5.74, 6) is 0.194. The number of rotatable bonds is 9. The number of halogens is 1. The molecule has 35 heavy (non-hydrogen) atoms. The van der Waals surface area contributed by atoms with Gasteiger partial charge in [0.25, 0.3) is 0 Å². The summed E-state index contributed by atoms with van der Waals surface area (Å²) in [5, 5.41) is 2.80. The number of likely N-dealkylation sites (N-methyl/N-ethyl adjacent to an activating group) is 1. The molecule has 0 fully saturated rings. The molecule has 184 valence electrons. The number of nitrogens with zero attached hydrogens (tertiary/aromatic N) is 1. The van der Waals surface area contributed by atoms with E-state index in [1.807, 2.05) is 35.1 Å². The van der Waals surface area contributed by atoms with Gasteiger partial charge in [-0.15, -0.1) is 0 Å². The van der Waals surface area contributed by atoms with Crippen molar-refractivity contribution in [3.63, 3.8) is 0 Å². The number of urea groups is 1. The largest absolute Gasteiger partial charge is 0.497 e. The fourth-order valence-corrected chi connectivity index (χ4v) is 4.24. The van der Waals surface area contributed by atoms with E-state index in [-0.39, 0.29) is 12.1 Å². The predicted octanol–water partition coefficient (Wildman–Crippen LogP) is 3.58. The molecule has 0 saturated carbocycles. The maximum absolute atomic E-state index is 13.3. The summed E-state index contributed by atoms with van der Waals surface area (Å²) < 4.78 is 34.1. The molecular formula is C24H25ClN4O5S. The van der Waals surface area contributed by atoms with E-state index in [4.69, 9.17) is 16.3 Å². The van der Waals surface area contributed by atoms with Crippen LogP contribution in [0.15, 0.2) is 78.9 Å². The third-order valence-electron chi connectivity index (χ3n) is 4.98. The molecule has 9 nitrogen and oxygen atoms in total. The molecule has 3 aromatic rings. The summed E-state index contributed by atoms with van der Waals surface area (Å²) in [6.45, 7) is 0. The van der Waals surface area contributed by atoms with E-state index in [0.29, 0.717) is 16.5 Å². The van der Waals surface area contributed by atoms with Gasteiger partial charge in [-0.05, 0) is 48.0 Å². The van der Waals surface area contributed by atoms with Gasteiger partial charge in [0, 0.05) is 24.2 Å². The third kappa shape index (κ3) is 7.62. The second-order valence-electron chi connectivity index (χ2n) is 7.53. The Balaban J connectivity index is 1.75. The lowest BCUT2D eigenvalue weighted by Gasteiger charge is -2.25. The van der Waals surface area contributed by atoms with Crippen molar-refractivity contribution < 1.29 is 22.7 Å². The van der Waals surface area contributed by atoms with Gasteiger partial charge in [-0.25, -0.2) is 9.52 Å². The average molecular weight is 517 g/mol. The molecule has 11 heteroatoms. The van der Waals surface area contributed by atoms with Crippen LogP contribution in [0.2, 0.25) is 5.02 Å². The molecule has 0 aliphatic carbocycles. The first-order chi connectivity index (χ1) is 16.7. The number of amides is 3. The quantitative estimate of drug-likeness (QED) is 0.402. The minimum absolute atomic E-state index is 0.148. The van der Waals surface area contributed by atoms with Crippen molar-refractivity contribution in [2.75, 3.05) is 23.8 Å². The van der Waals surface area contributed by atoms with Crippen LogP contribution >= 0.6 is 11.6 Å². The van der Waals surface area contributed by atoms with E-state index in [1.54, 1.807) is 43.4 Å². The highest BCUT2D eigenvalue weighted by Gasteiger charge is 2.27. The smallest absolute Gasteiger partial charge is 0.330 e. The molecule has 0 aliphatic rings. The van der Waals surface area contributed by atoms with Crippen LogP contribution in [0, 0.1) is 0 Å². The highest BCUT2D eigenvalue weighted by molar-refractivity contribution is 7.91. The molecule has 0 unspecified atom stereocenters. The van der Waals surface area contributed by atoms with E-state index < -0.39 is 28.2 Å². The van der Waals surface area contributed by atoms with Crippen LogP contribution in [0.5, 0.6) is 5.75 Å². The van der Waals surface area contributed by atoms with Crippen LogP contribution in [0.4, 0.5) is 16.2 Å². The molecule has 0 aromatic heterocycles. The fourth-order valence-electron chi connectivity index (χ4n) is 3.26. The lowest BCUT2D eigenvalue weighted by Crippen LogP contribution is -2.53. The number of anilines is 2. The Kier molecular flexibility index (Phi) is 8.56. The summed E-state index contributed by atoms with van der Waals surface area (Å²) in [5.41, 5.74) is 1.54. The summed E-state index contributed by atoms with van der Waals surface area (Å²) >= 11 is 5.87. The minimum Gasteiger partial charge on any atom is -0.497 e. The minimum atomic E-state index is -4.28. The van der Waals surface area contributed by atoms with Gasteiger partial charge in [-0.1, -0.05) is 48.0 Å². The highest BCUT2D eigenvalue weighted by atomic mass is 35.5. The third-order valence-corrected chi connectivity index (χ3v) is 6.17. The standard InChI is InChI=1S/C24H25ClN4O5S/c1-29(20-11-13-21(34-2)14-12-20)23(30)22(15-17-7-4-3-5-8-17)26-24(31)28-35(32,33)27-19-10-6-9-18(25)16-19/h3-14,16,22,27H,15H2,1-2H3,(H2,26,28,31)/t22-/m0/s1. The van der Waals surface area contributed by atoms with Gasteiger partial charge < -0.3 is 15.0 Å². The number of hydrogen-bond acceptors (Lipinski definition) is 5. The summed E-state index contributed by atoms with van der Waals surface area (Å²) in [4.78, 5) is 27.3. The Hall–Kier alpha value is -3.76. The first-order valence-corrected chi connectivity index (χ1v) is 12.3. The molecule has 3 rings (SSSR count). The SMILES string of the molecule is COc1ccc(N(C)C(=O)[C@H](Cc2ccccc2)NC(=O)NS(=O)(=O)Nc2cccc(Cl)c2)cc1. The van der Waals surface area contributed by atoms with Gasteiger partial charge >= 0.3 is 16.2 Å². The maximum Gasteiger partial charge on any atom is 0.330 e. The first kappa shape index (κ1) is 25.9. The molecular weight excluding hydrogens is 492 g/mol. The van der Waals surface area contributed by atoms with Crippen LogP contribution in [0.25, 0.3) is 0 Å². The van der Waals surface area contributed by atoms with Crippen molar-refractivity contribution in [1.82, 2.24) is 10.0 Å². The van der Waals surface area contributed by atoms with Crippen molar-refractivity contribution in [1.29, 1.82) is 0 Å². The zero-order valence-electron chi connectivity index (χ0n) is 19.1. The molecule has 0 spiro atoms. The fraction of sp³-hybridized carbons (Fsp3) is 0.167. The number of nitrogens with one attached hydrogen (secondary N) is 3. The Morgan fingerprint density at radius 2 is 1.69 bits per heavy atom. The van der Waals surface area contributed by atoms with E-state index in [1.165, 1.54) is 24.1 Å². The molecule has 3 amide bonds. The summed E-state index contributed by atoms with van der Waals surface area (Å²) in [7, 11) is -1.18. The van der Waals surface area contributed by atoms with E-state index in [9.17, 15) is 18.0 Å².